The molecule has 0 saturated heterocycles. The Morgan fingerprint density at radius 1 is 1.20 bits per heavy atom. The summed E-state index contributed by atoms with van der Waals surface area (Å²) >= 11 is 1.38. The molecule has 0 unspecified atom stereocenters. The number of aromatic carboxylic acids is 1. The number of benzene rings is 2. The summed E-state index contributed by atoms with van der Waals surface area (Å²) in [7, 11) is 0. The number of hydrogen-bond donors (Lipinski definition) is 1. The van der Waals surface area contributed by atoms with Gasteiger partial charge in [-0.15, -0.1) is 11.8 Å². The Balaban J connectivity index is 2.15. The van der Waals surface area contributed by atoms with Gasteiger partial charge in [0.2, 0.25) is 0 Å². The first-order valence-electron chi connectivity index (χ1n) is 5.88. The average Bonchev–Trinajstić information content (AvgIpc) is 2.39. The minimum absolute atomic E-state index is 0.286. The second kappa shape index (κ2) is 6.05. The van der Waals surface area contributed by atoms with E-state index in [1.165, 1.54) is 36.0 Å². The minimum atomic E-state index is -1.29. The lowest BCUT2D eigenvalue weighted by Crippen LogP contribution is -2.00. The van der Waals surface area contributed by atoms with Crippen LogP contribution in [0.25, 0.3) is 0 Å². The monoisotopic (exact) mass is 294 g/mol. The van der Waals surface area contributed by atoms with Crippen molar-refractivity contribution in [1.82, 2.24) is 0 Å². The van der Waals surface area contributed by atoms with Gasteiger partial charge in [-0.1, -0.05) is 6.07 Å². The first-order chi connectivity index (χ1) is 9.47. The Morgan fingerprint density at radius 2 is 1.95 bits per heavy atom. The molecule has 104 valence electrons. The van der Waals surface area contributed by atoms with Gasteiger partial charge in [0.1, 0.15) is 11.6 Å². The van der Waals surface area contributed by atoms with E-state index in [-0.39, 0.29) is 11.4 Å². The topological polar surface area (TPSA) is 37.3 Å². The minimum Gasteiger partial charge on any atom is -0.478 e. The number of rotatable bonds is 4. The molecule has 0 aliphatic rings. The highest BCUT2D eigenvalue weighted by Crippen LogP contribution is 2.26. The molecule has 1 N–H and O–H groups in total. The second-order valence-corrected chi connectivity index (χ2v) is 5.36. The fraction of sp³-hybridized carbons (Fsp3) is 0.133. The van der Waals surface area contributed by atoms with Gasteiger partial charge < -0.3 is 5.11 Å². The van der Waals surface area contributed by atoms with E-state index in [4.69, 9.17) is 5.11 Å². The maximum absolute atomic E-state index is 13.3. The summed E-state index contributed by atoms with van der Waals surface area (Å²) in [5.74, 6) is -1.76. The predicted octanol–water partition coefficient (Wildman–Crippen LogP) is 4.26. The number of carboxylic acid groups (broad SMARTS) is 1. The molecular formula is C15H12F2O2S. The van der Waals surface area contributed by atoms with Crippen LogP contribution in [0.15, 0.2) is 41.3 Å². The van der Waals surface area contributed by atoms with Gasteiger partial charge in [-0.05, 0) is 48.4 Å². The van der Waals surface area contributed by atoms with Crippen LogP contribution >= 0.6 is 11.8 Å². The Kier molecular flexibility index (Phi) is 4.39. The van der Waals surface area contributed by atoms with Gasteiger partial charge >= 0.3 is 5.97 Å². The van der Waals surface area contributed by atoms with Crippen molar-refractivity contribution < 1.29 is 18.7 Å². The number of carboxylic acids is 1. The Bertz CT molecular complexity index is 656. The van der Waals surface area contributed by atoms with Gasteiger partial charge in [0.25, 0.3) is 0 Å². The van der Waals surface area contributed by atoms with Crippen molar-refractivity contribution >= 4 is 17.7 Å². The van der Waals surface area contributed by atoms with E-state index < -0.39 is 11.8 Å². The van der Waals surface area contributed by atoms with Crippen LogP contribution in [-0.4, -0.2) is 11.1 Å². The largest absolute Gasteiger partial charge is 0.478 e. The number of carbonyl (C=O) groups is 1. The summed E-state index contributed by atoms with van der Waals surface area (Å²) < 4.78 is 26.2. The highest BCUT2D eigenvalue weighted by atomic mass is 32.2. The predicted molar refractivity (Wildman–Crippen MR) is 74.1 cm³/mol. The van der Waals surface area contributed by atoms with E-state index in [1.807, 2.05) is 6.92 Å². The molecule has 0 heterocycles. The van der Waals surface area contributed by atoms with Gasteiger partial charge in [-0.2, -0.15) is 0 Å². The molecule has 0 atom stereocenters. The third-order valence-corrected chi connectivity index (χ3v) is 3.91. The van der Waals surface area contributed by atoms with Crippen molar-refractivity contribution in [2.45, 2.75) is 17.6 Å². The molecule has 0 saturated carbocycles. The average molecular weight is 294 g/mol. The van der Waals surface area contributed by atoms with Crippen LogP contribution in [0.4, 0.5) is 8.78 Å². The highest BCUT2D eigenvalue weighted by Gasteiger charge is 2.11. The molecule has 0 amide bonds. The molecular weight excluding hydrogens is 282 g/mol. The summed E-state index contributed by atoms with van der Waals surface area (Å²) in [6.07, 6.45) is 0. The quantitative estimate of drug-likeness (QED) is 0.856. The van der Waals surface area contributed by atoms with Gasteiger partial charge in [-0.25, -0.2) is 13.6 Å². The van der Waals surface area contributed by atoms with E-state index in [9.17, 15) is 13.6 Å². The van der Waals surface area contributed by atoms with Crippen molar-refractivity contribution in [2.75, 3.05) is 0 Å². The van der Waals surface area contributed by atoms with E-state index >= 15 is 0 Å². The maximum Gasteiger partial charge on any atom is 0.338 e. The molecule has 20 heavy (non-hydrogen) atoms. The molecule has 0 aromatic heterocycles. The first kappa shape index (κ1) is 14.5. The number of thioether (sulfide) groups is 1. The summed E-state index contributed by atoms with van der Waals surface area (Å²) in [6, 6.07) is 8.51. The zero-order valence-corrected chi connectivity index (χ0v) is 11.5. The number of halogens is 2. The fourth-order valence-corrected chi connectivity index (χ4v) is 2.75. The molecule has 0 spiro atoms. The Morgan fingerprint density at radius 3 is 2.60 bits per heavy atom. The second-order valence-electron chi connectivity index (χ2n) is 4.31. The number of hydrogen-bond acceptors (Lipinski definition) is 2. The van der Waals surface area contributed by atoms with Crippen LogP contribution in [0, 0.1) is 18.6 Å². The lowest BCUT2D eigenvalue weighted by atomic mass is 10.1. The van der Waals surface area contributed by atoms with Gasteiger partial charge in [0, 0.05) is 10.6 Å². The SMILES string of the molecule is Cc1cc(F)ccc1CSc1ccc(F)c(C(=O)O)c1. The van der Waals surface area contributed by atoms with E-state index in [1.54, 1.807) is 6.07 Å². The lowest BCUT2D eigenvalue weighted by Gasteiger charge is -2.07. The Labute approximate surface area is 119 Å². The fourth-order valence-electron chi connectivity index (χ4n) is 1.74. The van der Waals surface area contributed by atoms with Gasteiger partial charge in [-0.3, -0.25) is 0 Å². The maximum atomic E-state index is 13.3. The molecule has 2 aromatic rings. The van der Waals surface area contributed by atoms with Crippen LogP contribution in [-0.2, 0) is 5.75 Å². The molecule has 0 aliphatic heterocycles. The van der Waals surface area contributed by atoms with Crippen molar-refractivity contribution in [2.24, 2.45) is 0 Å². The molecule has 0 bridgehead atoms. The number of aryl methyl sites for hydroxylation is 1. The molecule has 0 fully saturated rings. The van der Waals surface area contributed by atoms with Crippen LogP contribution < -0.4 is 0 Å². The third kappa shape index (κ3) is 3.36. The third-order valence-electron chi connectivity index (χ3n) is 2.87. The van der Waals surface area contributed by atoms with Crippen LogP contribution in [0.3, 0.4) is 0 Å². The highest BCUT2D eigenvalue weighted by molar-refractivity contribution is 7.98. The molecule has 0 radical (unpaired) electrons. The lowest BCUT2D eigenvalue weighted by molar-refractivity contribution is 0.0691. The van der Waals surface area contributed by atoms with E-state index in [0.717, 1.165) is 17.2 Å². The van der Waals surface area contributed by atoms with Crippen molar-refractivity contribution in [3.05, 3.63) is 64.7 Å². The standard InChI is InChI=1S/C15H12F2O2S/c1-9-6-11(16)3-2-10(9)8-20-12-4-5-14(17)13(7-12)15(18)19/h2-7H,8H2,1H3,(H,18,19). The van der Waals surface area contributed by atoms with Gasteiger partial charge in [0.05, 0.1) is 5.56 Å². The van der Waals surface area contributed by atoms with Crippen molar-refractivity contribution in [1.29, 1.82) is 0 Å². The Hall–Kier alpha value is -1.88. The molecule has 0 aliphatic carbocycles. The normalized spacial score (nSPS) is 10.6. The van der Waals surface area contributed by atoms with E-state index in [0.29, 0.717) is 10.6 Å². The van der Waals surface area contributed by atoms with E-state index in [2.05, 4.69) is 0 Å². The van der Waals surface area contributed by atoms with Crippen molar-refractivity contribution in [3.63, 3.8) is 0 Å². The summed E-state index contributed by atoms with van der Waals surface area (Å²) in [4.78, 5) is 11.5. The summed E-state index contributed by atoms with van der Waals surface area (Å²) in [6.45, 7) is 1.81. The first-order valence-corrected chi connectivity index (χ1v) is 6.86. The van der Waals surface area contributed by atoms with Crippen molar-refractivity contribution in [3.8, 4) is 0 Å². The molecule has 2 aromatic carbocycles. The van der Waals surface area contributed by atoms with Gasteiger partial charge in [0.15, 0.2) is 0 Å². The molecule has 2 rings (SSSR count). The van der Waals surface area contributed by atoms with Crippen LogP contribution in [0.2, 0.25) is 0 Å². The summed E-state index contributed by atoms with van der Waals surface area (Å²) in [5.41, 5.74) is 1.45. The summed E-state index contributed by atoms with van der Waals surface area (Å²) in [5, 5.41) is 8.86. The van der Waals surface area contributed by atoms with Crippen LogP contribution in [0.1, 0.15) is 21.5 Å². The van der Waals surface area contributed by atoms with Crippen LogP contribution in [0.5, 0.6) is 0 Å². The smallest absolute Gasteiger partial charge is 0.338 e. The molecule has 2 nitrogen and oxygen atoms in total. The zero-order valence-electron chi connectivity index (χ0n) is 10.7. The molecule has 5 heteroatoms. The zero-order chi connectivity index (χ0) is 14.7.